The van der Waals surface area contributed by atoms with E-state index in [1.54, 1.807) is 13.0 Å². The molecular weight excluding hydrogens is 488 g/mol. The van der Waals surface area contributed by atoms with Crippen molar-refractivity contribution >= 4 is 24.3 Å². The van der Waals surface area contributed by atoms with E-state index in [4.69, 9.17) is 18.6 Å². The largest absolute Gasteiger partial charge is 0.474 e. The molecule has 0 saturated carbocycles. The second-order valence-electron chi connectivity index (χ2n) is 10.6. The molecule has 0 amide bonds. The van der Waals surface area contributed by atoms with E-state index in [0.717, 1.165) is 10.7 Å². The zero-order chi connectivity index (χ0) is 26.6. The molecular formula is C24H42N2O7SSi. The van der Waals surface area contributed by atoms with Crippen LogP contribution >= 0.6 is 0 Å². The van der Waals surface area contributed by atoms with Crippen molar-refractivity contribution < 1.29 is 31.8 Å². The van der Waals surface area contributed by atoms with Crippen molar-refractivity contribution in [1.82, 2.24) is 9.29 Å². The number of aryl methyl sites for hydroxylation is 1. The minimum atomic E-state index is -4.09. The van der Waals surface area contributed by atoms with Crippen LogP contribution in [0.2, 0.25) is 18.1 Å². The Morgan fingerprint density at radius 3 is 2.49 bits per heavy atom. The number of ether oxygens (including phenoxy) is 3. The number of hydrogen-bond donors (Lipinski definition) is 0. The number of aromatic nitrogens is 1. The molecule has 0 radical (unpaired) electrons. The van der Waals surface area contributed by atoms with E-state index in [9.17, 15) is 13.2 Å². The van der Waals surface area contributed by atoms with Gasteiger partial charge in [-0.2, -0.15) is 4.31 Å². The predicted molar refractivity (Wildman–Crippen MR) is 137 cm³/mol. The molecule has 200 valence electrons. The quantitative estimate of drug-likeness (QED) is 0.241. The van der Waals surface area contributed by atoms with Crippen molar-refractivity contribution in [3.05, 3.63) is 17.8 Å². The monoisotopic (exact) mass is 530 g/mol. The van der Waals surface area contributed by atoms with Crippen LogP contribution in [0.1, 0.15) is 52.7 Å². The number of carbonyl (C=O) groups is 1. The second-order valence-corrected chi connectivity index (χ2v) is 17.3. The van der Waals surface area contributed by atoms with E-state index in [2.05, 4.69) is 38.8 Å². The summed E-state index contributed by atoms with van der Waals surface area (Å²) in [5.41, 5.74) is 0.633. The van der Waals surface area contributed by atoms with Crippen LogP contribution in [-0.4, -0.2) is 77.6 Å². The van der Waals surface area contributed by atoms with Gasteiger partial charge in [0.15, 0.2) is 8.32 Å². The summed E-state index contributed by atoms with van der Waals surface area (Å²) in [6, 6.07) is 2.14. The molecule has 1 fully saturated rings. The lowest BCUT2D eigenvalue weighted by atomic mass is 10.2. The van der Waals surface area contributed by atoms with Crippen molar-refractivity contribution in [1.29, 1.82) is 0 Å². The fraction of sp³-hybridized carbons (Fsp3) is 0.750. The lowest BCUT2D eigenvalue weighted by molar-refractivity contribution is -0.144. The van der Waals surface area contributed by atoms with Crippen LogP contribution in [0, 0.1) is 6.92 Å². The lowest BCUT2D eigenvalue weighted by Gasteiger charge is -2.36. The molecule has 0 aliphatic carbocycles. The number of nitrogens with zero attached hydrogens (tertiary/aromatic N) is 2. The molecule has 11 heteroatoms. The molecule has 1 aliphatic heterocycles. The first-order valence-electron chi connectivity index (χ1n) is 12.0. The SMILES string of the molecule is COC(=O)[C@@H]1C[C@H](OC)CN1S(=O)(=O)c1ccc(C)nc1O[C@H](C)CCCO[Si](C)(C)C(C)(C)C. The van der Waals surface area contributed by atoms with Gasteiger partial charge in [-0.05, 0) is 57.0 Å². The first-order chi connectivity index (χ1) is 16.1. The van der Waals surface area contributed by atoms with E-state index >= 15 is 0 Å². The van der Waals surface area contributed by atoms with E-state index in [1.807, 2.05) is 6.92 Å². The van der Waals surface area contributed by atoms with Crippen LogP contribution in [0.25, 0.3) is 0 Å². The minimum Gasteiger partial charge on any atom is -0.474 e. The van der Waals surface area contributed by atoms with Gasteiger partial charge in [-0.25, -0.2) is 13.4 Å². The van der Waals surface area contributed by atoms with Gasteiger partial charge >= 0.3 is 5.97 Å². The number of sulfonamides is 1. The molecule has 2 heterocycles. The molecule has 1 aromatic heterocycles. The number of methoxy groups -OCH3 is 2. The summed E-state index contributed by atoms with van der Waals surface area (Å²) in [5.74, 6) is -0.585. The van der Waals surface area contributed by atoms with Crippen molar-refractivity contribution in [3.63, 3.8) is 0 Å². The van der Waals surface area contributed by atoms with Gasteiger partial charge in [0, 0.05) is 32.4 Å². The fourth-order valence-corrected chi connectivity index (χ4v) is 6.41. The first kappa shape index (κ1) is 29.7. The maximum atomic E-state index is 13.6. The summed E-state index contributed by atoms with van der Waals surface area (Å²) in [5, 5.41) is 0.142. The maximum absolute atomic E-state index is 13.6. The third-order valence-corrected chi connectivity index (χ3v) is 13.3. The average molecular weight is 531 g/mol. The second kappa shape index (κ2) is 11.7. The number of esters is 1. The fourth-order valence-electron chi connectivity index (χ4n) is 3.65. The zero-order valence-electron chi connectivity index (χ0n) is 22.6. The highest BCUT2D eigenvalue weighted by Gasteiger charge is 2.46. The van der Waals surface area contributed by atoms with E-state index in [0.29, 0.717) is 18.7 Å². The van der Waals surface area contributed by atoms with Gasteiger partial charge in [0.2, 0.25) is 15.9 Å². The molecule has 0 spiro atoms. The summed E-state index contributed by atoms with van der Waals surface area (Å²) >= 11 is 0. The Morgan fingerprint density at radius 2 is 1.91 bits per heavy atom. The highest BCUT2D eigenvalue weighted by atomic mass is 32.2. The first-order valence-corrected chi connectivity index (χ1v) is 16.4. The van der Waals surface area contributed by atoms with Crippen LogP contribution in [-0.2, 0) is 28.7 Å². The van der Waals surface area contributed by atoms with Crippen molar-refractivity contribution in [3.8, 4) is 5.88 Å². The maximum Gasteiger partial charge on any atom is 0.324 e. The van der Waals surface area contributed by atoms with Gasteiger partial charge in [-0.1, -0.05) is 20.8 Å². The third kappa shape index (κ3) is 7.25. The molecule has 1 aliphatic rings. The molecule has 1 aromatic rings. The third-order valence-electron chi connectivity index (χ3n) is 6.91. The van der Waals surface area contributed by atoms with Gasteiger partial charge in [0.1, 0.15) is 10.9 Å². The Bertz CT molecular complexity index is 979. The van der Waals surface area contributed by atoms with Crippen molar-refractivity contribution in [2.75, 3.05) is 27.4 Å². The number of carbonyl (C=O) groups excluding carboxylic acids is 1. The highest BCUT2D eigenvalue weighted by Crippen LogP contribution is 2.37. The number of rotatable bonds is 11. The molecule has 3 atom stereocenters. The van der Waals surface area contributed by atoms with Crippen LogP contribution in [0.4, 0.5) is 0 Å². The minimum absolute atomic E-state index is 0.0345. The van der Waals surface area contributed by atoms with Gasteiger partial charge in [0.25, 0.3) is 0 Å². The van der Waals surface area contributed by atoms with Gasteiger partial charge in [0.05, 0.1) is 19.3 Å². The number of hydrogen-bond acceptors (Lipinski definition) is 8. The summed E-state index contributed by atoms with van der Waals surface area (Å²) in [7, 11) is -3.18. The Hall–Kier alpha value is -1.53. The topological polar surface area (TPSA) is 104 Å². The molecule has 9 nitrogen and oxygen atoms in total. The highest BCUT2D eigenvalue weighted by molar-refractivity contribution is 7.89. The molecule has 0 bridgehead atoms. The van der Waals surface area contributed by atoms with Gasteiger partial charge in [-0.3, -0.25) is 4.79 Å². The van der Waals surface area contributed by atoms with Gasteiger partial charge in [-0.15, -0.1) is 0 Å². The standard InChI is InChI=1S/C24H42N2O7SSi/c1-17-12-13-21(34(28,29)26-16-19(30-6)15-20(26)23(27)31-7)22(25-17)33-18(2)11-10-14-32-35(8,9)24(3,4)5/h12-13,18-20H,10-11,14-16H2,1-9H3/t18-,19+,20+/m1/s1. The van der Waals surface area contributed by atoms with E-state index in [-0.39, 0.29) is 34.9 Å². The van der Waals surface area contributed by atoms with Crippen LogP contribution in [0.15, 0.2) is 17.0 Å². The smallest absolute Gasteiger partial charge is 0.324 e. The van der Waals surface area contributed by atoms with Crippen LogP contribution < -0.4 is 4.74 Å². The molecule has 0 aromatic carbocycles. The zero-order valence-corrected chi connectivity index (χ0v) is 24.4. The van der Waals surface area contributed by atoms with Gasteiger partial charge < -0.3 is 18.6 Å². The van der Waals surface area contributed by atoms with Crippen LogP contribution in [0.5, 0.6) is 5.88 Å². The normalized spacial score (nSPS) is 20.6. The summed E-state index contributed by atoms with van der Waals surface area (Å²) < 4.78 is 50.9. The Labute approximate surface area is 211 Å². The Balaban J connectivity index is 2.17. The van der Waals surface area contributed by atoms with Crippen molar-refractivity contribution in [2.24, 2.45) is 0 Å². The molecule has 1 saturated heterocycles. The molecule has 0 N–H and O–H groups in total. The van der Waals surface area contributed by atoms with E-state index in [1.165, 1.54) is 20.3 Å². The average Bonchev–Trinajstić information content (AvgIpc) is 3.21. The van der Waals surface area contributed by atoms with Crippen LogP contribution in [0.3, 0.4) is 0 Å². The predicted octanol–water partition coefficient (Wildman–Crippen LogP) is 3.91. The molecule has 2 rings (SSSR count). The Morgan fingerprint density at radius 1 is 1.26 bits per heavy atom. The Kier molecular flexibility index (Phi) is 9.91. The summed E-state index contributed by atoms with van der Waals surface area (Å²) in [6.45, 7) is 15.4. The van der Waals surface area contributed by atoms with Crippen molar-refractivity contribution in [2.45, 2.75) is 95.2 Å². The molecule has 35 heavy (non-hydrogen) atoms. The summed E-state index contributed by atoms with van der Waals surface area (Å²) in [4.78, 5) is 16.6. The van der Waals surface area contributed by atoms with E-state index < -0.39 is 36.5 Å². The number of pyridine rings is 1. The molecule has 0 unspecified atom stereocenters. The summed E-state index contributed by atoms with van der Waals surface area (Å²) in [6.07, 6.45) is 1.01. The lowest BCUT2D eigenvalue weighted by Crippen LogP contribution is -2.41.